The molecule has 33 heavy (non-hydrogen) atoms. The van der Waals surface area contributed by atoms with Crippen molar-refractivity contribution >= 4 is 22.7 Å². The summed E-state index contributed by atoms with van der Waals surface area (Å²) in [5.74, 6) is -0.947. The number of carbonyl (C=O) groups excluding carboxylic acids is 2. The number of hydrogen-bond donors (Lipinski definition) is 1. The number of furan rings is 1. The van der Waals surface area contributed by atoms with Crippen LogP contribution in [-0.4, -0.2) is 47.6 Å². The molecule has 0 radical (unpaired) electrons. The number of carbonyl (C=O) groups is 2. The van der Waals surface area contributed by atoms with E-state index in [0.29, 0.717) is 30.1 Å². The molecule has 2 atom stereocenters. The van der Waals surface area contributed by atoms with E-state index < -0.39 is 23.5 Å². The second kappa shape index (κ2) is 8.75. The molecule has 2 aromatic carbocycles. The largest absolute Gasteiger partial charge is 0.503 e. The number of aliphatic hydroxyl groups excluding tert-OH is 1. The summed E-state index contributed by atoms with van der Waals surface area (Å²) in [4.78, 5) is 28.3. The van der Waals surface area contributed by atoms with E-state index in [0.717, 1.165) is 18.2 Å². The van der Waals surface area contributed by atoms with Crippen LogP contribution in [0.25, 0.3) is 11.0 Å². The Morgan fingerprint density at radius 2 is 2.03 bits per heavy atom. The number of ether oxygens (including phenoxy) is 2. The molecule has 2 unspecified atom stereocenters. The molecule has 1 saturated heterocycles. The van der Waals surface area contributed by atoms with Gasteiger partial charge in [-0.05, 0) is 49.6 Å². The predicted molar refractivity (Wildman–Crippen MR) is 121 cm³/mol. The monoisotopic (exact) mass is 447 g/mol. The van der Waals surface area contributed by atoms with Crippen molar-refractivity contribution < 1.29 is 28.6 Å². The maximum Gasteiger partial charge on any atom is 0.290 e. The Kier molecular flexibility index (Phi) is 5.64. The zero-order valence-electron chi connectivity index (χ0n) is 18.3. The molecule has 7 heteroatoms. The Hall–Kier alpha value is -3.58. The fourth-order valence-electron chi connectivity index (χ4n) is 4.60. The second-order valence-electron chi connectivity index (χ2n) is 8.24. The minimum atomic E-state index is -0.775. The molecule has 1 amide bonds. The van der Waals surface area contributed by atoms with Crippen molar-refractivity contribution in [2.75, 3.05) is 19.8 Å². The van der Waals surface area contributed by atoms with E-state index in [2.05, 4.69) is 0 Å². The molecule has 2 aliphatic rings. The number of hydrogen-bond acceptors (Lipinski definition) is 6. The third-order valence-electron chi connectivity index (χ3n) is 6.11. The Labute approximate surface area is 191 Å². The van der Waals surface area contributed by atoms with E-state index in [1.54, 1.807) is 18.2 Å². The van der Waals surface area contributed by atoms with Gasteiger partial charge in [0.05, 0.1) is 24.3 Å². The molecular weight excluding hydrogens is 422 g/mol. The van der Waals surface area contributed by atoms with Crippen LogP contribution < -0.4 is 4.74 Å². The molecule has 5 rings (SSSR count). The van der Waals surface area contributed by atoms with Crippen LogP contribution in [-0.2, 0) is 9.53 Å². The third kappa shape index (κ3) is 3.89. The quantitative estimate of drug-likeness (QED) is 0.533. The van der Waals surface area contributed by atoms with Gasteiger partial charge in [0, 0.05) is 18.5 Å². The first-order chi connectivity index (χ1) is 16.1. The number of amides is 1. The molecular formula is C26H25NO6. The Bertz CT molecular complexity index is 1200. The number of Topliss-reactive ketones (excluding diaryl/α,β-unsaturated/α-hetero) is 1. The average molecular weight is 447 g/mol. The highest BCUT2D eigenvalue weighted by Gasteiger charge is 2.45. The lowest BCUT2D eigenvalue weighted by atomic mass is 9.94. The van der Waals surface area contributed by atoms with Crippen LogP contribution in [0.15, 0.2) is 70.3 Å². The van der Waals surface area contributed by atoms with E-state index in [4.69, 9.17) is 13.9 Å². The molecule has 1 aromatic heterocycles. The lowest BCUT2D eigenvalue weighted by Gasteiger charge is -2.29. The van der Waals surface area contributed by atoms with Gasteiger partial charge in [-0.2, -0.15) is 0 Å². The van der Waals surface area contributed by atoms with Crippen LogP contribution in [0.4, 0.5) is 0 Å². The minimum Gasteiger partial charge on any atom is -0.503 e. The maximum atomic E-state index is 13.6. The standard InChI is InChI=1S/C26H25NO6/c1-2-31-18-9-5-8-17(13-18)23-22(24(28)21-14-16-7-3-4-11-20(16)33-21)25(29)26(30)27(23)15-19-10-6-12-32-19/h3-5,7-9,11,13-14,19,23,29H,2,6,10,12,15H2,1H3. The van der Waals surface area contributed by atoms with Gasteiger partial charge in [-0.3, -0.25) is 9.59 Å². The highest BCUT2D eigenvalue weighted by Crippen LogP contribution is 2.41. The van der Waals surface area contributed by atoms with Gasteiger partial charge in [0.1, 0.15) is 11.3 Å². The number of ketones is 1. The number of rotatable bonds is 7. The second-order valence-corrected chi connectivity index (χ2v) is 8.24. The van der Waals surface area contributed by atoms with Crippen LogP contribution >= 0.6 is 0 Å². The summed E-state index contributed by atoms with van der Waals surface area (Å²) in [5.41, 5.74) is 1.25. The van der Waals surface area contributed by atoms with Crippen molar-refractivity contribution in [1.29, 1.82) is 0 Å². The molecule has 3 heterocycles. The van der Waals surface area contributed by atoms with Crippen LogP contribution in [0.5, 0.6) is 5.75 Å². The summed E-state index contributed by atoms with van der Waals surface area (Å²) in [6.07, 6.45) is 1.60. The Balaban J connectivity index is 1.57. The fourth-order valence-corrected chi connectivity index (χ4v) is 4.60. The van der Waals surface area contributed by atoms with Crippen molar-refractivity contribution in [3.63, 3.8) is 0 Å². The summed E-state index contributed by atoms with van der Waals surface area (Å²) < 4.78 is 17.1. The van der Waals surface area contributed by atoms with Gasteiger partial charge in [-0.25, -0.2) is 0 Å². The van der Waals surface area contributed by atoms with Crippen LogP contribution in [0.2, 0.25) is 0 Å². The highest BCUT2D eigenvalue weighted by molar-refractivity contribution is 6.16. The SMILES string of the molecule is CCOc1cccc(C2C(C(=O)c3cc4ccccc4o3)=C(O)C(=O)N2CC2CCCO2)c1. The van der Waals surface area contributed by atoms with Crippen molar-refractivity contribution in [2.45, 2.75) is 31.9 Å². The van der Waals surface area contributed by atoms with Gasteiger partial charge in [0.15, 0.2) is 11.5 Å². The zero-order valence-corrected chi connectivity index (χ0v) is 18.3. The molecule has 170 valence electrons. The Morgan fingerprint density at radius 3 is 2.79 bits per heavy atom. The van der Waals surface area contributed by atoms with Crippen LogP contribution in [0.1, 0.15) is 41.9 Å². The topological polar surface area (TPSA) is 89.2 Å². The highest BCUT2D eigenvalue weighted by atomic mass is 16.5. The summed E-state index contributed by atoms with van der Waals surface area (Å²) >= 11 is 0. The van der Waals surface area contributed by atoms with Gasteiger partial charge >= 0.3 is 0 Å². The molecule has 0 saturated carbocycles. The first kappa shape index (κ1) is 21.3. The van der Waals surface area contributed by atoms with E-state index in [1.807, 2.05) is 43.3 Å². The van der Waals surface area contributed by atoms with Gasteiger partial charge in [-0.15, -0.1) is 0 Å². The van der Waals surface area contributed by atoms with Crippen molar-refractivity contribution in [1.82, 2.24) is 4.90 Å². The zero-order chi connectivity index (χ0) is 22.9. The number of aliphatic hydroxyl groups is 1. The molecule has 2 aliphatic heterocycles. The first-order valence-electron chi connectivity index (χ1n) is 11.2. The number of benzene rings is 2. The van der Waals surface area contributed by atoms with E-state index in [9.17, 15) is 14.7 Å². The third-order valence-corrected chi connectivity index (χ3v) is 6.11. The summed E-state index contributed by atoms with van der Waals surface area (Å²) in [6.45, 7) is 3.29. The molecule has 7 nitrogen and oxygen atoms in total. The van der Waals surface area contributed by atoms with Gasteiger partial charge in [-0.1, -0.05) is 30.3 Å². The lowest BCUT2D eigenvalue weighted by molar-refractivity contribution is -0.131. The Morgan fingerprint density at radius 1 is 1.18 bits per heavy atom. The van der Waals surface area contributed by atoms with Crippen molar-refractivity contribution in [2.24, 2.45) is 0 Å². The summed E-state index contributed by atoms with van der Waals surface area (Å²) in [7, 11) is 0. The minimum absolute atomic E-state index is 0.00528. The van der Waals surface area contributed by atoms with Crippen molar-refractivity contribution in [3.05, 3.63) is 77.3 Å². The smallest absolute Gasteiger partial charge is 0.290 e. The van der Waals surface area contributed by atoms with Gasteiger partial charge in [0.2, 0.25) is 5.78 Å². The summed E-state index contributed by atoms with van der Waals surface area (Å²) in [6, 6.07) is 15.4. The molecule has 1 N–H and O–H groups in total. The average Bonchev–Trinajstić information content (AvgIpc) is 3.54. The van der Waals surface area contributed by atoms with Gasteiger partial charge in [0.25, 0.3) is 5.91 Å². The molecule has 0 spiro atoms. The van der Waals surface area contributed by atoms with E-state index in [-0.39, 0.29) is 24.0 Å². The molecule has 0 bridgehead atoms. The number of para-hydroxylation sites is 1. The van der Waals surface area contributed by atoms with Crippen LogP contribution in [0.3, 0.4) is 0 Å². The fraction of sp³-hybridized carbons (Fsp3) is 0.308. The molecule has 1 fully saturated rings. The normalized spacial score (nSPS) is 20.8. The lowest BCUT2D eigenvalue weighted by Crippen LogP contribution is -2.37. The maximum absolute atomic E-state index is 13.6. The molecule has 0 aliphatic carbocycles. The van der Waals surface area contributed by atoms with E-state index in [1.165, 1.54) is 4.90 Å². The number of fused-ring (bicyclic) bond motifs is 1. The van der Waals surface area contributed by atoms with Crippen molar-refractivity contribution in [3.8, 4) is 5.75 Å². The molecule has 3 aromatic rings. The first-order valence-corrected chi connectivity index (χ1v) is 11.2. The predicted octanol–water partition coefficient (Wildman–Crippen LogP) is 4.59. The van der Waals surface area contributed by atoms with E-state index >= 15 is 0 Å². The van der Waals surface area contributed by atoms with Crippen LogP contribution in [0, 0.1) is 0 Å². The van der Waals surface area contributed by atoms with Gasteiger partial charge < -0.3 is 23.9 Å². The number of nitrogens with zero attached hydrogens (tertiary/aromatic N) is 1. The summed E-state index contributed by atoms with van der Waals surface area (Å²) in [5, 5.41) is 11.6.